The van der Waals surface area contributed by atoms with Crippen LogP contribution in [0.3, 0.4) is 0 Å². The summed E-state index contributed by atoms with van der Waals surface area (Å²) in [6.07, 6.45) is 3.77. The first kappa shape index (κ1) is 30.1. The molecule has 0 aliphatic rings. The summed E-state index contributed by atoms with van der Waals surface area (Å²) in [5.74, 6) is -0.778. The number of fused-ring (bicyclic) bond motifs is 1. The first-order valence-corrected chi connectivity index (χ1v) is 13.0. The molecule has 1 aromatic heterocycles. The first-order chi connectivity index (χ1) is 17.0. The van der Waals surface area contributed by atoms with Crippen LogP contribution < -0.4 is 5.32 Å². The maximum absolute atomic E-state index is 13.9. The molecule has 0 saturated heterocycles. The summed E-state index contributed by atoms with van der Waals surface area (Å²) >= 11 is 0. The molecule has 2 rings (SSSR count). The van der Waals surface area contributed by atoms with E-state index in [0.717, 1.165) is 16.5 Å². The Balaban J connectivity index is 2.40. The molecule has 2 atom stereocenters. The van der Waals surface area contributed by atoms with Crippen LogP contribution in [0.1, 0.15) is 67.9 Å². The van der Waals surface area contributed by atoms with Gasteiger partial charge in [0.25, 0.3) is 0 Å². The molecule has 0 aliphatic carbocycles. The molecular weight excluding hydrogens is 466 g/mol. The fraction of sp³-hybridized carbons (Fsp3) is 0.567. The lowest BCUT2D eigenvalue weighted by Gasteiger charge is -2.38. The Kier molecular flexibility index (Phi) is 9.39. The number of rotatable bonds is 9. The third-order valence-electron chi connectivity index (χ3n) is 7.02. The van der Waals surface area contributed by atoms with Gasteiger partial charge in [-0.1, -0.05) is 58.9 Å². The molecule has 0 radical (unpaired) electrons. The van der Waals surface area contributed by atoms with Gasteiger partial charge in [0.2, 0.25) is 11.8 Å². The molecule has 204 valence electrons. The summed E-state index contributed by atoms with van der Waals surface area (Å²) < 4.78 is 7.14. The normalized spacial score (nSPS) is 14.4. The van der Waals surface area contributed by atoms with Crippen LogP contribution in [0.5, 0.6) is 0 Å². The van der Waals surface area contributed by atoms with Crippen LogP contribution in [0.2, 0.25) is 0 Å². The van der Waals surface area contributed by atoms with Crippen molar-refractivity contribution < 1.29 is 19.1 Å². The average molecular weight is 512 g/mol. The first-order valence-electron chi connectivity index (χ1n) is 13.0. The summed E-state index contributed by atoms with van der Waals surface area (Å²) in [6, 6.07) is 6.88. The van der Waals surface area contributed by atoms with Gasteiger partial charge in [-0.2, -0.15) is 0 Å². The van der Waals surface area contributed by atoms with E-state index in [1.54, 1.807) is 31.9 Å². The second-order valence-corrected chi connectivity index (χ2v) is 11.8. The van der Waals surface area contributed by atoms with E-state index in [9.17, 15) is 14.4 Å². The number of amides is 2. The molecule has 2 aromatic rings. The van der Waals surface area contributed by atoms with Crippen LogP contribution in [-0.2, 0) is 31.6 Å². The summed E-state index contributed by atoms with van der Waals surface area (Å²) in [7, 11) is 3.69. The smallest absolute Gasteiger partial charge is 0.333 e. The molecule has 1 heterocycles. The van der Waals surface area contributed by atoms with Crippen molar-refractivity contribution in [1.29, 1.82) is 0 Å². The Labute approximate surface area is 222 Å². The van der Waals surface area contributed by atoms with Gasteiger partial charge in [0, 0.05) is 36.8 Å². The number of nitrogens with one attached hydrogen (secondary N) is 1. The molecule has 37 heavy (non-hydrogen) atoms. The largest absolute Gasteiger partial charge is 0.463 e. The zero-order valence-corrected chi connectivity index (χ0v) is 24.4. The van der Waals surface area contributed by atoms with Crippen LogP contribution in [0.25, 0.3) is 10.9 Å². The van der Waals surface area contributed by atoms with Crippen LogP contribution in [0.4, 0.5) is 0 Å². The van der Waals surface area contributed by atoms with Crippen molar-refractivity contribution in [3.8, 4) is 0 Å². The number of aromatic nitrogens is 1. The molecule has 1 N–H and O–H groups in total. The Morgan fingerprint density at radius 3 is 2.24 bits per heavy atom. The number of aryl methyl sites for hydroxylation is 1. The van der Waals surface area contributed by atoms with Gasteiger partial charge in [0.05, 0.1) is 18.1 Å². The molecule has 2 amide bonds. The number of carbonyl (C=O) groups excluding carboxylic acids is 3. The second kappa shape index (κ2) is 11.5. The lowest BCUT2D eigenvalue weighted by molar-refractivity contribution is -0.141. The van der Waals surface area contributed by atoms with E-state index in [1.165, 1.54) is 0 Å². The van der Waals surface area contributed by atoms with Gasteiger partial charge >= 0.3 is 5.97 Å². The minimum Gasteiger partial charge on any atom is -0.463 e. The van der Waals surface area contributed by atoms with E-state index >= 15 is 0 Å². The summed E-state index contributed by atoms with van der Waals surface area (Å²) in [6.45, 7) is 17.3. The van der Waals surface area contributed by atoms with E-state index in [1.807, 2.05) is 90.5 Å². The third kappa shape index (κ3) is 6.62. The van der Waals surface area contributed by atoms with Crippen molar-refractivity contribution in [2.45, 2.75) is 79.8 Å². The quantitative estimate of drug-likeness (QED) is 0.380. The monoisotopic (exact) mass is 511 g/mol. The van der Waals surface area contributed by atoms with Crippen molar-refractivity contribution in [2.75, 3.05) is 13.7 Å². The van der Waals surface area contributed by atoms with E-state index in [2.05, 4.69) is 5.32 Å². The summed E-state index contributed by atoms with van der Waals surface area (Å²) in [5.41, 5.74) is 0.988. The maximum Gasteiger partial charge on any atom is 0.333 e. The fourth-order valence-corrected chi connectivity index (χ4v) is 4.59. The van der Waals surface area contributed by atoms with Gasteiger partial charge in [-0.3, -0.25) is 9.59 Å². The zero-order chi connectivity index (χ0) is 28.3. The lowest BCUT2D eigenvalue weighted by atomic mass is 9.80. The predicted molar refractivity (Wildman–Crippen MR) is 149 cm³/mol. The van der Waals surface area contributed by atoms with Gasteiger partial charge in [0.1, 0.15) is 6.04 Å². The SMILES string of the molecule is CCOC(=O)C(C)=C[C@H](C(C)C)N(C)C(=O)[C@@H](NC(=O)C(C)(C)c1cn(C)c2ccccc12)C(C)(C)C. The van der Waals surface area contributed by atoms with Gasteiger partial charge in [-0.05, 0) is 50.7 Å². The molecule has 0 saturated carbocycles. The number of esters is 1. The molecule has 1 aromatic carbocycles. The van der Waals surface area contributed by atoms with Crippen LogP contribution in [0, 0.1) is 11.3 Å². The zero-order valence-electron chi connectivity index (χ0n) is 24.4. The minimum absolute atomic E-state index is 0.0433. The number of hydrogen-bond acceptors (Lipinski definition) is 4. The minimum atomic E-state index is -0.874. The third-order valence-corrected chi connectivity index (χ3v) is 7.02. The lowest BCUT2D eigenvalue weighted by Crippen LogP contribution is -2.58. The molecule has 0 aliphatic heterocycles. The van der Waals surface area contributed by atoms with E-state index in [0.29, 0.717) is 5.57 Å². The number of para-hydroxylation sites is 1. The number of ether oxygens (including phenoxy) is 1. The molecule has 0 bridgehead atoms. The second-order valence-electron chi connectivity index (χ2n) is 11.8. The van der Waals surface area contributed by atoms with Crippen molar-refractivity contribution in [3.05, 3.63) is 47.7 Å². The highest BCUT2D eigenvalue weighted by Gasteiger charge is 2.41. The van der Waals surface area contributed by atoms with Gasteiger partial charge < -0.3 is 19.5 Å². The van der Waals surface area contributed by atoms with E-state index in [4.69, 9.17) is 4.74 Å². The standard InChI is InChI=1S/C30H45N3O4/c1-12-37-27(35)20(4)17-24(19(2)3)33(11)26(34)25(29(5,6)7)31-28(36)30(8,9)22-18-32(10)23-16-14-13-15-21(22)23/h13-19,24-25H,12H2,1-11H3,(H,31,36)/t24-,25-/m1/s1. The van der Waals surface area contributed by atoms with Gasteiger partial charge in [-0.25, -0.2) is 4.79 Å². The maximum atomic E-state index is 13.9. The highest BCUT2D eigenvalue weighted by Crippen LogP contribution is 2.33. The molecule has 0 unspecified atom stereocenters. The highest BCUT2D eigenvalue weighted by atomic mass is 16.5. The van der Waals surface area contributed by atoms with Gasteiger partial charge in [-0.15, -0.1) is 0 Å². The molecule has 0 spiro atoms. The van der Waals surface area contributed by atoms with Crippen LogP contribution in [-0.4, -0.2) is 53.0 Å². The Morgan fingerprint density at radius 1 is 1.11 bits per heavy atom. The topological polar surface area (TPSA) is 80.6 Å². The Hall–Kier alpha value is -3.09. The van der Waals surface area contributed by atoms with Crippen molar-refractivity contribution in [1.82, 2.24) is 14.8 Å². The summed E-state index contributed by atoms with van der Waals surface area (Å²) in [4.78, 5) is 41.5. The highest BCUT2D eigenvalue weighted by molar-refractivity contribution is 5.97. The number of benzene rings is 1. The summed E-state index contributed by atoms with van der Waals surface area (Å²) in [5, 5.41) is 4.10. The van der Waals surface area contributed by atoms with E-state index in [-0.39, 0.29) is 30.4 Å². The number of likely N-dealkylation sites (N-methyl/N-ethyl adjacent to an activating group) is 1. The fourth-order valence-electron chi connectivity index (χ4n) is 4.59. The number of hydrogen-bond donors (Lipinski definition) is 1. The number of nitrogens with zero attached hydrogens (tertiary/aromatic N) is 2. The van der Waals surface area contributed by atoms with Crippen molar-refractivity contribution >= 4 is 28.7 Å². The molecular formula is C30H45N3O4. The van der Waals surface area contributed by atoms with Crippen LogP contribution >= 0.6 is 0 Å². The molecule has 7 nitrogen and oxygen atoms in total. The predicted octanol–water partition coefficient (Wildman–Crippen LogP) is 4.98. The van der Waals surface area contributed by atoms with Crippen LogP contribution in [0.15, 0.2) is 42.1 Å². The van der Waals surface area contributed by atoms with Crippen molar-refractivity contribution in [2.24, 2.45) is 18.4 Å². The molecule has 7 heteroatoms. The average Bonchev–Trinajstić information content (AvgIpc) is 3.16. The number of carbonyl (C=O) groups is 3. The van der Waals surface area contributed by atoms with Gasteiger partial charge in [0.15, 0.2) is 0 Å². The Bertz CT molecular complexity index is 1170. The Morgan fingerprint density at radius 2 is 1.70 bits per heavy atom. The van der Waals surface area contributed by atoms with Crippen molar-refractivity contribution in [3.63, 3.8) is 0 Å². The van der Waals surface area contributed by atoms with E-state index < -0.39 is 22.8 Å². The molecule has 0 fully saturated rings.